The van der Waals surface area contributed by atoms with Gasteiger partial charge in [-0.1, -0.05) is 113 Å². The van der Waals surface area contributed by atoms with Crippen LogP contribution in [-0.4, -0.2) is 8.07 Å². The maximum atomic E-state index is 5.29. The molecule has 1 nitrogen and oxygen atoms in total. The van der Waals surface area contributed by atoms with Crippen molar-refractivity contribution in [2.75, 3.05) is 0 Å². The summed E-state index contributed by atoms with van der Waals surface area (Å²) in [5.41, 5.74) is 5.13. The van der Waals surface area contributed by atoms with Crippen LogP contribution < -0.4 is 18.9 Å². The van der Waals surface area contributed by atoms with Crippen molar-refractivity contribution in [2.24, 2.45) is 0 Å². The number of benzene rings is 2. The van der Waals surface area contributed by atoms with Crippen molar-refractivity contribution in [1.82, 2.24) is 0 Å². The number of rotatable bonds is 6. The molecule has 2 rings (SSSR count). The molecule has 0 atom stereocenters. The van der Waals surface area contributed by atoms with Crippen LogP contribution in [0.2, 0.25) is 19.6 Å². The molecule has 2 aromatic rings. The average Bonchev–Trinajstić information content (AvgIpc) is 2.54. The minimum atomic E-state index is -1.57. The zero-order valence-electron chi connectivity index (χ0n) is 17.8. The fourth-order valence-electron chi connectivity index (χ4n) is 2.88. The minimum absolute atomic E-state index is 0. The monoisotopic (exact) mass is 357 g/mol. The van der Waals surface area contributed by atoms with Gasteiger partial charge in [-0.15, -0.1) is 5.69 Å². The normalized spacial score (nSPS) is 12.3. The largest absolute Gasteiger partial charge is 1.00 e. The summed E-state index contributed by atoms with van der Waals surface area (Å²) in [6, 6.07) is 17.2. The van der Waals surface area contributed by atoms with Crippen LogP contribution in [0.4, 0.5) is 5.69 Å². The number of para-hydroxylation sites is 1. The molecule has 0 aliphatic heterocycles. The molecule has 0 aliphatic carbocycles. The van der Waals surface area contributed by atoms with Gasteiger partial charge < -0.3 is 5.32 Å². The Morgan fingerprint density at radius 2 is 1.31 bits per heavy atom. The van der Waals surface area contributed by atoms with Gasteiger partial charge in [0.2, 0.25) is 0 Å². The fourth-order valence-corrected chi connectivity index (χ4v) is 3.93. The SMILES string of the molecule is CC(C)c1cccc(C(C)C)c1[N-]/C(=C/c1ccccc1)[Si](C)(C)C.[Li+]. The molecule has 0 bridgehead atoms. The molecule has 0 aromatic heterocycles. The number of nitrogens with zero attached hydrogens (tertiary/aromatic N) is 1. The Morgan fingerprint density at radius 1 is 0.808 bits per heavy atom. The maximum Gasteiger partial charge on any atom is 1.00 e. The van der Waals surface area contributed by atoms with Crippen LogP contribution in [0.15, 0.2) is 53.9 Å². The van der Waals surface area contributed by atoms with Crippen molar-refractivity contribution in [3.05, 3.63) is 75.9 Å². The van der Waals surface area contributed by atoms with Crippen molar-refractivity contribution in [2.45, 2.75) is 59.2 Å². The second kappa shape index (κ2) is 9.65. The zero-order chi connectivity index (χ0) is 18.6. The standard InChI is InChI=1S/C23H32NSi.Li/c1-17(2)20-14-11-15-21(18(3)4)23(20)24-22(25(5,6)7)16-19-12-9-8-10-13-19;/h8-18H,1-7H3;/q-1;+1/b22-16-;. The smallest absolute Gasteiger partial charge is 0.664 e. The second-order valence-electron chi connectivity index (χ2n) is 8.40. The first kappa shape index (κ1) is 22.8. The van der Waals surface area contributed by atoms with E-state index in [2.05, 4.69) is 102 Å². The van der Waals surface area contributed by atoms with Crippen molar-refractivity contribution in [1.29, 1.82) is 0 Å². The summed E-state index contributed by atoms with van der Waals surface area (Å²) in [5.74, 6) is 0.939. The van der Waals surface area contributed by atoms with Crippen molar-refractivity contribution >= 4 is 19.8 Å². The average molecular weight is 358 g/mol. The van der Waals surface area contributed by atoms with Crippen LogP contribution in [-0.2, 0) is 0 Å². The fraction of sp³-hybridized carbons (Fsp3) is 0.391. The van der Waals surface area contributed by atoms with E-state index in [1.807, 2.05) is 0 Å². The molecule has 3 heteroatoms. The van der Waals surface area contributed by atoms with Crippen molar-refractivity contribution < 1.29 is 18.9 Å². The van der Waals surface area contributed by atoms with Crippen LogP contribution in [0.5, 0.6) is 0 Å². The maximum absolute atomic E-state index is 5.29. The van der Waals surface area contributed by atoms with E-state index in [0.29, 0.717) is 11.8 Å². The Bertz CT molecular complexity index is 701. The summed E-state index contributed by atoms with van der Waals surface area (Å²) in [5, 5.41) is 6.55. The molecule has 0 fully saturated rings. The molecule has 0 saturated heterocycles. The van der Waals surface area contributed by atoms with E-state index in [1.165, 1.54) is 27.7 Å². The molecule has 134 valence electrons. The van der Waals surface area contributed by atoms with Crippen molar-refractivity contribution in [3.8, 4) is 0 Å². The van der Waals surface area contributed by atoms with E-state index in [9.17, 15) is 0 Å². The zero-order valence-corrected chi connectivity index (χ0v) is 18.8. The van der Waals surface area contributed by atoms with Gasteiger partial charge in [0, 0.05) is 0 Å². The summed E-state index contributed by atoms with van der Waals surface area (Å²) >= 11 is 0. The van der Waals surface area contributed by atoms with Crippen LogP contribution >= 0.6 is 0 Å². The van der Waals surface area contributed by atoms with E-state index >= 15 is 0 Å². The molecule has 0 radical (unpaired) electrons. The van der Waals surface area contributed by atoms with Gasteiger partial charge >= 0.3 is 18.9 Å². The summed E-state index contributed by atoms with van der Waals surface area (Å²) in [6.45, 7) is 16.1. The number of hydrogen-bond donors (Lipinski definition) is 0. The van der Waals surface area contributed by atoms with Crippen LogP contribution in [0.25, 0.3) is 11.4 Å². The molecular formula is C23H32LiNSi. The van der Waals surface area contributed by atoms with Gasteiger partial charge in [-0.2, -0.15) is 5.32 Å². The molecule has 2 aromatic carbocycles. The predicted octanol–water partition coefficient (Wildman–Crippen LogP) is 4.86. The van der Waals surface area contributed by atoms with Gasteiger partial charge in [0.25, 0.3) is 0 Å². The first-order chi connectivity index (χ1) is 11.7. The van der Waals surface area contributed by atoms with E-state index < -0.39 is 8.07 Å². The molecular weight excluding hydrogens is 325 g/mol. The molecule has 0 spiro atoms. The summed E-state index contributed by atoms with van der Waals surface area (Å²) in [4.78, 5) is 0. The van der Waals surface area contributed by atoms with Crippen LogP contribution in [0.1, 0.15) is 56.2 Å². The Morgan fingerprint density at radius 3 is 1.73 bits per heavy atom. The van der Waals surface area contributed by atoms with Gasteiger partial charge in [0.15, 0.2) is 0 Å². The van der Waals surface area contributed by atoms with Gasteiger partial charge in [0.05, 0.1) is 8.07 Å². The molecule has 0 heterocycles. The Hall–Kier alpha value is -1.21. The third kappa shape index (κ3) is 5.91. The predicted molar refractivity (Wildman–Crippen MR) is 115 cm³/mol. The molecule has 0 saturated carbocycles. The topological polar surface area (TPSA) is 14.1 Å². The second-order valence-corrected chi connectivity index (χ2v) is 13.4. The summed E-state index contributed by atoms with van der Waals surface area (Å²) < 4.78 is 0. The molecule has 26 heavy (non-hydrogen) atoms. The molecule has 0 N–H and O–H groups in total. The number of hydrogen-bond acceptors (Lipinski definition) is 0. The van der Waals surface area contributed by atoms with Gasteiger partial charge in [-0.3, -0.25) is 0 Å². The van der Waals surface area contributed by atoms with Gasteiger partial charge in [-0.25, -0.2) is 0 Å². The third-order valence-corrected chi connectivity index (χ3v) is 6.24. The molecule has 0 amide bonds. The van der Waals surface area contributed by atoms with Crippen LogP contribution in [0.3, 0.4) is 0 Å². The summed E-state index contributed by atoms with van der Waals surface area (Å²) in [6.07, 6.45) is 2.29. The first-order valence-electron chi connectivity index (χ1n) is 9.32. The van der Waals surface area contributed by atoms with E-state index in [4.69, 9.17) is 5.32 Å². The quantitative estimate of drug-likeness (QED) is 0.656. The van der Waals surface area contributed by atoms with Gasteiger partial charge in [0.1, 0.15) is 0 Å². The first-order valence-corrected chi connectivity index (χ1v) is 12.8. The van der Waals surface area contributed by atoms with E-state index in [-0.39, 0.29) is 18.9 Å². The molecule has 0 unspecified atom stereocenters. The summed E-state index contributed by atoms with van der Waals surface area (Å²) in [7, 11) is -1.57. The Balaban J connectivity index is 0.00000338. The Kier molecular flexibility index (Phi) is 8.47. The van der Waals surface area contributed by atoms with E-state index in [1.54, 1.807) is 0 Å². The van der Waals surface area contributed by atoms with Crippen LogP contribution in [0, 0.1) is 0 Å². The Labute approximate surface area is 173 Å². The third-order valence-electron chi connectivity index (χ3n) is 4.45. The van der Waals surface area contributed by atoms with Crippen molar-refractivity contribution in [3.63, 3.8) is 0 Å². The van der Waals surface area contributed by atoms with E-state index in [0.717, 1.165) is 0 Å². The minimum Gasteiger partial charge on any atom is -0.664 e. The molecule has 0 aliphatic rings. The van der Waals surface area contributed by atoms with Gasteiger partial charge in [-0.05, 0) is 17.4 Å².